The number of hydrogen-bond donors (Lipinski definition) is 1. The Morgan fingerprint density at radius 3 is 2.56 bits per heavy atom. The van der Waals surface area contributed by atoms with Crippen LogP contribution in [0.5, 0.6) is 0 Å². The van der Waals surface area contributed by atoms with Crippen LogP contribution in [-0.4, -0.2) is 6.54 Å². The van der Waals surface area contributed by atoms with Gasteiger partial charge in [-0.2, -0.15) is 0 Å². The second-order valence-electron chi connectivity index (χ2n) is 5.27. The lowest BCUT2D eigenvalue weighted by molar-refractivity contribution is 0.570. The molecule has 0 aliphatic heterocycles. The standard InChI is InChI=1S/C17H25N/c1-3-13-18-14(2)15-9-11-17(12-10-15)16-7-5-4-6-8-16/h7,9-12,14,18H,3-6,8,13H2,1-2H3. The lowest BCUT2D eigenvalue weighted by atomic mass is 9.93. The molecular weight excluding hydrogens is 218 g/mol. The molecule has 0 saturated heterocycles. The molecule has 1 aromatic carbocycles. The summed E-state index contributed by atoms with van der Waals surface area (Å²) in [5, 5.41) is 3.53. The molecular formula is C17H25N. The van der Waals surface area contributed by atoms with E-state index in [-0.39, 0.29) is 0 Å². The molecule has 1 atom stereocenters. The minimum absolute atomic E-state index is 0.458. The maximum atomic E-state index is 3.53. The molecule has 0 heterocycles. The molecule has 0 aromatic heterocycles. The third-order valence-electron chi connectivity index (χ3n) is 3.77. The third kappa shape index (κ3) is 3.46. The average molecular weight is 243 g/mol. The lowest BCUT2D eigenvalue weighted by Crippen LogP contribution is -2.19. The van der Waals surface area contributed by atoms with Crippen molar-refractivity contribution in [1.82, 2.24) is 5.32 Å². The van der Waals surface area contributed by atoms with Crippen LogP contribution in [-0.2, 0) is 0 Å². The topological polar surface area (TPSA) is 12.0 Å². The Hall–Kier alpha value is -1.08. The Morgan fingerprint density at radius 1 is 1.17 bits per heavy atom. The molecule has 1 nitrogen and oxygen atoms in total. The van der Waals surface area contributed by atoms with Crippen molar-refractivity contribution in [2.75, 3.05) is 6.54 Å². The second-order valence-corrected chi connectivity index (χ2v) is 5.27. The predicted octanol–water partition coefficient (Wildman–Crippen LogP) is 4.70. The smallest absolute Gasteiger partial charge is 0.0291 e. The highest BCUT2D eigenvalue weighted by atomic mass is 14.9. The Labute approximate surface area is 111 Å². The van der Waals surface area contributed by atoms with Crippen molar-refractivity contribution in [2.24, 2.45) is 0 Å². The zero-order valence-corrected chi connectivity index (χ0v) is 11.7. The number of hydrogen-bond acceptors (Lipinski definition) is 1. The van der Waals surface area contributed by atoms with Gasteiger partial charge < -0.3 is 5.32 Å². The lowest BCUT2D eigenvalue weighted by Gasteiger charge is -2.16. The van der Waals surface area contributed by atoms with E-state index in [2.05, 4.69) is 49.5 Å². The van der Waals surface area contributed by atoms with Crippen LogP contribution < -0.4 is 5.32 Å². The predicted molar refractivity (Wildman–Crippen MR) is 79.6 cm³/mol. The molecule has 0 bridgehead atoms. The van der Waals surface area contributed by atoms with Crippen LogP contribution in [0.3, 0.4) is 0 Å². The first-order valence-electron chi connectivity index (χ1n) is 7.34. The Bertz CT molecular complexity index is 389. The third-order valence-corrected chi connectivity index (χ3v) is 3.77. The summed E-state index contributed by atoms with van der Waals surface area (Å²) in [7, 11) is 0. The molecule has 98 valence electrons. The molecule has 0 saturated carbocycles. The van der Waals surface area contributed by atoms with Gasteiger partial charge in [-0.05, 0) is 62.3 Å². The molecule has 1 unspecified atom stereocenters. The first-order chi connectivity index (χ1) is 8.81. The van der Waals surface area contributed by atoms with Gasteiger partial charge in [0.1, 0.15) is 0 Å². The number of rotatable bonds is 5. The zero-order valence-electron chi connectivity index (χ0n) is 11.7. The van der Waals surface area contributed by atoms with Crippen molar-refractivity contribution < 1.29 is 0 Å². The van der Waals surface area contributed by atoms with E-state index in [1.807, 2.05) is 0 Å². The van der Waals surface area contributed by atoms with Gasteiger partial charge >= 0.3 is 0 Å². The van der Waals surface area contributed by atoms with E-state index in [1.165, 1.54) is 43.2 Å². The fourth-order valence-electron chi connectivity index (χ4n) is 2.56. The van der Waals surface area contributed by atoms with Crippen molar-refractivity contribution in [3.8, 4) is 0 Å². The van der Waals surface area contributed by atoms with Gasteiger partial charge in [-0.25, -0.2) is 0 Å². The fourth-order valence-corrected chi connectivity index (χ4v) is 2.56. The van der Waals surface area contributed by atoms with Crippen molar-refractivity contribution >= 4 is 5.57 Å². The minimum atomic E-state index is 0.458. The maximum Gasteiger partial charge on any atom is 0.0291 e. The molecule has 0 fully saturated rings. The van der Waals surface area contributed by atoms with E-state index >= 15 is 0 Å². The number of allylic oxidation sites excluding steroid dienone is 2. The molecule has 1 aliphatic carbocycles. The molecule has 1 heteroatoms. The Kier molecular flexibility index (Phi) is 5.00. The normalized spacial score (nSPS) is 17.3. The van der Waals surface area contributed by atoms with Gasteiger partial charge in [0.25, 0.3) is 0 Å². The average Bonchev–Trinajstić information content (AvgIpc) is 2.46. The van der Waals surface area contributed by atoms with Crippen LogP contribution in [0.4, 0.5) is 0 Å². The van der Waals surface area contributed by atoms with Crippen molar-refractivity contribution in [3.63, 3.8) is 0 Å². The highest BCUT2D eigenvalue weighted by molar-refractivity contribution is 5.66. The van der Waals surface area contributed by atoms with Crippen molar-refractivity contribution in [2.45, 2.75) is 52.0 Å². The minimum Gasteiger partial charge on any atom is -0.310 e. The van der Waals surface area contributed by atoms with E-state index in [0.717, 1.165) is 6.54 Å². The summed E-state index contributed by atoms with van der Waals surface area (Å²) in [6.07, 6.45) is 8.82. The van der Waals surface area contributed by atoms with Gasteiger partial charge in [-0.15, -0.1) is 0 Å². The highest BCUT2D eigenvalue weighted by Crippen LogP contribution is 2.27. The summed E-state index contributed by atoms with van der Waals surface area (Å²) in [6, 6.07) is 9.59. The molecule has 18 heavy (non-hydrogen) atoms. The molecule has 0 radical (unpaired) electrons. The first-order valence-corrected chi connectivity index (χ1v) is 7.34. The van der Waals surface area contributed by atoms with Crippen LogP contribution in [0.15, 0.2) is 30.3 Å². The van der Waals surface area contributed by atoms with E-state index in [4.69, 9.17) is 0 Å². The van der Waals surface area contributed by atoms with Crippen molar-refractivity contribution in [3.05, 3.63) is 41.5 Å². The van der Waals surface area contributed by atoms with E-state index in [1.54, 1.807) is 5.57 Å². The highest BCUT2D eigenvalue weighted by Gasteiger charge is 2.08. The molecule has 0 amide bonds. The number of benzene rings is 1. The van der Waals surface area contributed by atoms with E-state index in [9.17, 15) is 0 Å². The Balaban J connectivity index is 2.02. The summed E-state index contributed by atoms with van der Waals surface area (Å²) in [6.45, 7) is 5.54. The summed E-state index contributed by atoms with van der Waals surface area (Å²) in [5.41, 5.74) is 4.35. The van der Waals surface area contributed by atoms with E-state index < -0.39 is 0 Å². The van der Waals surface area contributed by atoms with Crippen LogP contribution in [0.1, 0.15) is 63.1 Å². The van der Waals surface area contributed by atoms with E-state index in [0.29, 0.717) is 6.04 Å². The van der Waals surface area contributed by atoms with Gasteiger partial charge in [0.15, 0.2) is 0 Å². The van der Waals surface area contributed by atoms with Gasteiger partial charge in [0.05, 0.1) is 0 Å². The zero-order chi connectivity index (χ0) is 12.8. The van der Waals surface area contributed by atoms with Crippen LogP contribution in [0, 0.1) is 0 Å². The fraction of sp³-hybridized carbons (Fsp3) is 0.529. The summed E-state index contributed by atoms with van der Waals surface area (Å²) in [4.78, 5) is 0. The molecule has 1 aliphatic rings. The van der Waals surface area contributed by atoms with Gasteiger partial charge in [0.2, 0.25) is 0 Å². The second kappa shape index (κ2) is 6.75. The molecule has 0 spiro atoms. The summed E-state index contributed by atoms with van der Waals surface area (Å²) < 4.78 is 0. The number of nitrogens with one attached hydrogen (secondary N) is 1. The van der Waals surface area contributed by atoms with Gasteiger partial charge in [-0.1, -0.05) is 37.3 Å². The Morgan fingerprint density at radius 2 is 1.94 bits per heavy atom. The maximum absolute atomic E-state index is 3.53. The van der Waals surface area contributed by atoms with Gasteiger partial charge in [0, 0.05) is 6.04 Å². The largest absolute Gasteiger partial charge is 0.310 e. The monoisotopic (exact) mass is 243 g/mol. The molecule has 1 N–H and O–H groups in total. The molecule has 2 rings (SSSR count). The van der Waals surface area contributed by atoms with Crippen LogP contribution in [0.25, 0.3) is 5.57 Å². The first kappa shape index (κ1) is 13.4. The van der Waals surface area contributed by atoms with Gasteiger partial charge in [-0.3, -0.25) is 0 Å². The van der Waals surface area contributed by atoms with Crippen molar-refractivity contribution in [1.29, 1.82) is 0 Å². The van der Waals surface area contributed by atoms with Crippen LogP contribution >= 0.6 is 0 Å². The summed E-state index contributed by atoms with van der Waals surface area (Å²) in [5.74, 6) is 0. The quantitative estimate of drug-likeness (QED) is 0.790. The SMILES string of the molecule is CCCNC(C)c1ccc(C2=CCCCC2)cc1. The summed E-state index contributed by atoms with van der Waals surface area (Å²) >= 11 is 0. The molecule has 1 aromatic rings. The van der Waals surface area contributed by atoms with Crippen LogP contribution in [0.2, 0.25) is 0 Å².